The molecule has 0 heterocycles. The second-order valence-electron chi connectivity index (χ2n) is 4.30. The van der Waals surface area contributed by atoms with Crippen molar-refractivity contribution >= 4 is 37.3 Å². The molecule has 0 bridgehead atoms. The Hall–Kier alpha value is -1.93. The maximum atomic E-state index is 12.3. The van der Waals surface area contributed by atoms with Crippen LogP contribution in [0.5, 0.6) is 0 Å². The van der Waals surface area contributed by atoms with Gasteiger partial charge in [-0.25, -0.2) is 8.42 Å². The van der Waals surface area contributed by atoms with Gasteiger partial charge in [0.2, 0.25) is 0 Å². The van der Waals surface area contributed by atoms with Crippen molar-refractivity contribution in [2.24, 2.45) is 0 Å². The molecular formula is C13H11BrN2O4S. The van der Waals surface area contributed by atoms with Gasteiger partial charge in [-0.05, 0) is 40.5 Å². The first kappa shape index (κ1) is 15.5. The van der Waals surface area contributed by atoms with Crippen LogP contribution in [0.2, 0.25) is 0 Å². The summed E-state index contributed by atoms with van der Waals surface area (Å²) >= 11 is 3.31. The Morgan fingerprint density at radius 2 is 1.86 bits per heavy atom. The van der Waals surface area contributed by atoms with E-state index in [0.29, 0.717) is 10.2 Å². The van der Waals surface area contributed by atoms with Gasteiger partial charge in [0.05, 0.1) is 15.5 Å². The van der Waals surface area contributed by atoms with Gasteiger partial charge < -0.3 is 0 Å². The summed E-state index contributed by atoms with van der Waals surface area (Å²) in [6.07, 6.45) is 0. The molecule has 110 valence electrons. The van der Waals surface area contributed by atoms with E-state index in [1.807, 2.05) is 13.0 Å². The molecule has 0 unspecified atom stereocenters. The van der Waals surface area contributed by atoms with Gasteiger partial charge in [0.1, 0.15) is 0 Å². The van der Waals surface area contributed by atoms with Gasteiger partial charge in [0, 0.05) is 16.6 Å². The number of hydrogen-bond acceptors (Lipinski definition) is 4. The third-order valence-corrected chi connectivity index (χ3v) is 5.19. The van der Waals surface area contributed by atoms with Crippen LogP contribution in [0.1, 0.15) is 5.56 Å². The first-order valence-corrected chi connectivity index (χ1v) is 8.11. The van der Waals surface area contributed by atoms with E-state index >= 15 is 0 Å². The van der Waals surface area contributed by atoms with Crippen LogP contribution in [0.3, 0.4) is 0 Å². The molecule has 0 aliphatic carbocycles. The van der Waals surface area contributed by atoms with Gasteiger partial charge in [-0.15, -0.1) is 0 Å². The Balaban J connectivity index is 2.41. The minimum Gasteiger partial charge on any atom is -0.278 e. The zero-order valence-electron chi connectivity index (χ0n) is 10.9. The third-order valence-electron chi connectivity index (χ3n) is 2.77. The van der Waals surface area contributed by atoms with E-state index in [4.69, 9.17) is 0 Å². The van der Waals surface area contributed by atoms with Gasteiger partial charge in [-0.1, -0.05) is 18.2 Å². The number of non-ortho nitro benzene ring substituents is 1. The second-order valence-corrected chi connectivity index (χ2v) is 6.77. The van der Waals surface area contributed by atoms with Gasteiger partial charge >= 0.3 is 0 Å². The Labute approximate surface area is 130 Å². The van der Waals surface area contributed by atoms with E-state index in [1.165, 1.54) is 18.2 Å². The molecule has 2 aromatic carbocycles. The van der Waals surface area contributed by atoms with Crippen LogP contribution >= 0.6 is 15.9 Å². The molecule has 0 amide bonds. The molecule has 0 aliphatic heterocycles. The molecule has 0 radical (unpaired) electrons. The van der Waals surface area contributed by atoms with Crippen molar-refractivity contribution in [1.82, 2.24) is 0 Å². The van der Waals surface area contributed by atoms with Crippen molar-refractivity contribution in [3.8, 4) is 0 Å². The fraction of sp³-hybridized carbons (Fsp3) is 0.0769. The van der Waals surface area contributed by atoms with Gasteiger partial charge in [0.25, 0.3) is 15.7 Å². The van der Waals surface area contributed by atoms with E-state index in [-0.39, 0.29) is 10.6 Å². The average molecular weight is 371 g/mol. The minimum absolute atomic E-state index is 0.162. The topological polar surface area (TPSA) is 89.3 Å². The largest absolute Gasteiger partial charge is 0.278 e. The molecule has 8 heteroatoms. The summed E-state index contributed by atoms with van der Waals surface area (Å²) in [5.41, 5.74) is 0.969. The molecule has 0 spiro atoms. The van der Waals surface area contributed by atoms with Crippen LogP contribution in [0.15, 0.2) is 51.8 Å². The average Bonchev–Trinajstić information content (AvgIpc) is 2.44. The zero-order chi connectivity index (χ0) is 15.6. The van der Waals surface area contributed by atoms with Gasteiger partial charge in [0.15, 0.2) is 0 Å². The number of nitro groups is 1. The van der Waals surface area contributed by atoms with Crippen molar-refractivity contribution < 1.29 is 13.3 Å². The minimum atomic E-state index is -3.89. The number of nitro benzene ring substituents is 1. The predicted molar refractivity (Wildman–Crippen MR) is 82.8 cm³/mol. The third kappa shape index (κ3) is 3.40. The number of anilines is 1. The van der Waals surface area contributed by atoms with Crippen molar-refractivity contribution in [3.05, 3.63) is 62.6 Å². The van der Waals surface area contributed by atoms with Crippen molar-refractivity contribution in [2.45, 2.75) is 11.8 Å². The van der Waals surface area contributed by atoms with Crippen LogP contribution in [0.25, 0.3) is 0 Å². The smallest absolute Gasteiger partial charge is 0.270 e. The predicted octanol–water partition coefficient (Wildman–Crippen LogP) is 3.47. The molecule has 1 N–H and O–H groups in total. The molecule has 2 aromatic rings. The maximum Gasteiger partial charge on any atom is 0.270 e. The lowest BCUT2D eigenvalue weighted by atomic mass is 10.2. The molecule has 0 saturated heterocycles. The highest BCUT2D eigenvalue weighted by atomic mass is 79.9. The standard InChI is InChI=1S/C13H11BrN2O4S/c1-9-4-2-7-12(13(9)14)15-21(19,20)11-6-3-5-10(8-11)16(17)18/h2-8,15H,1H3. The SMILES string of the molecule is Cc1cccc(NS(=O)(=O)c2cccc([N+](=O)[O-])c2)c1Br. The number of rotatable bonds is 4. The Morgan fingerprint density at radius 3 is 2.52 bits per heavy atom. The number of nitrogens with one attached hydrogen (secondary N) is 1. The molecule has 0 saturated carbocycles. The highest BCUT2D eigenvalue weighted by molar-refractivity contribution is 9.10. The van der Waals surface area contributed by atoms with Crippen LogP contribution in [0, 0.1) is 17.0 Å². The van der Waals surface area contributed by atoms with Crippen molar-refractivity contribution in [3.63, 3.8) is 0 Å². The molecular weight excluding hydrogens is 360 g/mol. The maximum absolute atomic E-state index is 12.3. The molecule has 0 fully saturated rings. The van der Waals surface area contributed by atoms with Crippen LogP contribution in [0.4, 0.5) is 11.4 Å². The highest BCUT2D eigenvalue weighted by Gasteiger charge is 2.19. The molecule has 0 atom stereocenters. The zero-order valence-corrected chi connectivity index (χ0v) is 13.3. The summed E-state index contributed by atoms with van der Waals surface area (Å²) in [5, 5.41) is 10.7. The van der Waals surface area contributed by atoms with Crippen molar-refractivity contribution in [1.29, 1.82) is 0 Å². The molecule has 0 aromatic heterocycles. The monoisotopic (exact) mass is 370 g/mol. The quantitative estimate of drug-likeness (QED) is 0.658. The van der Waals surface area contributed by atoms with Crippen LogP contribution in [-0.2, 0) is 10.0 Å². The lowest BCUT2D eigenvalue weighted by molar-refractivity contribution is -0.385. The van der Waals surface area contributed by atoms with E-state index in [0.717, 1.165) is 11.6 Å². The Bertz CT molecular complexity index is 806. The van der Waals surface area contributed by atoms with Crippen molar-refractivity contribution in [2.75, 3.05) is 4.72 Å². The molecule has 0 aliphatic rings. The Kier molecular flexibility index (Phi) is 4.29. The fourth-order valence-corrected chi connectivity index (χ4v) is 3.30. The van der Waals surface area contributed by atoms with E-state index < -0.39 is 14.9 Å². The lowest BCUT2D eigenvalue weighted by Gasteiger charge is -2.11. The van der Waals surface area contributed by atoms with Gasteiger partial charge in [-0.2, -0.15) is 0 Å². The number of hydrogen-bond donors (Lipinski definition) is 1. The number of benzene rings is 2. The lowest BCUT2D eigenvalue weighted by Crippen LogP contribution is -2.13. The molecule has 6 nitrogen and oxygen atoms in total. The normalized spacial score (nSPS) is 11.1. The van der Waals surface area contributed by atoms with Crippen LogP contribution < -0.4 is 4.72 Å². The summed E-state index contributed by atoms with van der Waals surface area (Å²) < 4.78 is 27.6. The summed E-state index contributed by atoms with van der Waals surface area (Å²) in [6, 6.07) is 10.0. The number of aryl methyl sites for hydroxylation is 1. The summed E-state index contributed by atoms with van der Waals surface area (Å²) in [7, 11) is -3.89. The molecule has 2 rings (SSSR count). The first-order valence-electron chi connectivity index (χ1n) is 5.83. The van der Waals surface area contributed by atoms with E-state index in [9.17, 15) is 18.5 Å². The first-order chi connectivity index (χ1) is 9.81. The van der Waals surface area contributed by atoms with E-state index in [2.05, 4.69) is 20.7 Å². The fourth-order valence-electron chi connectivity index (χ4n) is 1.69. The van der Waals surface area contributed by atoms with Crippen LogP contribution in [-0.4, -0.2) is 13.3 Å². The Morgan fingerprint density at radius 1 is 1.19 bits per heavy atom. The second kappa shape index (κ2) is 5.82. The molecule has 21 heavy (non-hydrogen) atoms. The summed E-state index contributed by atoms with van der Waals surface area (Å²) in [6.45, 7) is 1.83. The summed E-state index contributed by atoms with van der Waals surface area (Å²) in [4.78, 5) is 9.92. The van der Waals surface area contributed by atoms with E-state index in [1.54, 1.807) is 12.1 Å². The highest BCUT2D eigenvalue weighted by Crippen LogP contribution is 2.28. The number of halogens is 1. The summed E-state index contributed by atoms with van der Waals surface area (Å²) in [5.74, 6) is 0. The number of nitrogens with zero attached hydrogens (tertiary/aromatic N) is 1. The number of sulfonamides is 1. The van der Waals surface area contributed by atoms with Gasteiger partial charge in [-0.3, -0.25) is 14.8 Å².